The molecule has 1 atom stereocenters. The largest absolute Gasteiger partial charge is 0.352 e. The molecule has 7 nitrogen and oxygen atoms in total. The first-order valence-corrected chi connectivity index (χ1v) is 14.1. The highest BCUT2D eigenvalue weighted by Crippen LogP contribution is 2.22. The summed E-state index contributed by atoms with van der Waals surface area (Å²) in [6, 6.07) is 12.9. The van der Waals surface area contributed by atoms with Crippen LogP contribution < -0.4 is 9.62 Å². The summed E-state index contributed by atoms with van der Waals surface area (Å²) in [5.74, 6) is -0.445. The predicted octanol–water partition coefficient (Wildman–Crippen LogP) is 4.87. The van der Waals surface area contributed by atoms with Crippen molar-refractivity contribution >= 4 is 50.7 Å². The van der Waals surface area contributed by atoms with Crippen LogP contribution in [0.15, 0.2) is 48.5 Å². The van der Waals surface area contributed by atoms with Crippen molar-refractivity contribution in [2.45, 2.75) is 58.7 Å². The van der Waals surface area contributed by atoms with Crippen LogP contribution in [0.1, 0.15) is 45.6 Å². The third kappa shape index (κ3) is 9.02. The first-order valence-electron chi connectivity index (χ1n) is 11.5. The van der Waals surface area contributed by atoms with Gasteiger partial charge < -0.3 is 10.2 Å². The number of benzene rings is 2. The second kappa shape index (κ2) is 13.1. The van der Waals surface area contributed by atoms with E-state index in [4.69, 9.17) is 23.2 Å². The number of hydrogen-bond donors (Lipinski definition) is 1. The van der Waals surface area contributed by atoms with E-state index in [2.05, 4.69) is 5.32 Å². The van der Waals surface area contributed by atoms with Crippen molar-refractivity contribution in [3.8, 4) is 0 Å². The molecule has 0 heterocycles. The second-order valence-corrected chi connectivity index (χ2v) is 11.4. The summed E-state index contributed by atoms with van der Waals surface area (Å²) >= 11 is 11.9. The van der Waals surface area contributed by atoms with Crippen LogP contribution in [-0.2, 0) is 26.2 Å². The molecule has 10 heteroatoms. The highest BCUT2D eigenvalue weighted by Gasteiger charge is 2.29. The molecule has 0 fully saturated rings. The zero-order valence-electron chi connectivity index (χ0n) is 20.5. The summed E-state index contributed by atoms with van der Waals surface area (Å²) in [5.41, 5.74) is 1.32. The van der Waals surface area contributed by atoms with Crippen LogP contribution >= 0.6 is 23.2 Å². The van der Waals surface area contributed by atoms with Crippen molar-refractivity contribution in [3.05, 3.63) is 64.1 Å². The molecule has 0 unspecified atom stereocenters. The SMILES string of the molecule is CC[C@@H](C(=O)NC(C)C)N(Cc1ccc(Cl)cc1)C(=O)CCCN(c1ccc(Cl)cc1)S(C)(=O)=O. The maximum Gasteiger partial charge on any atom is 0.243 e. The summed E-state index contributed by atoms with van der Waals surface area (Å²) < 4.78 is 26.0. The van der Waals surface area contributed by atoms with Crippen molar-refractivity contribution in [1.29, 1.82) is 0 Å². The molecule has 0 spiro atoms. The summed E-state index contributed by atoms with van der Waals surface area (Å²) in [6.45, 7) is 5.96. The van der Waals surface area contributed by atoms with E-state index in [0.29, 0.717) is 22.2 Å². The average molecular weight is 543 g/mol. The van der Waals surface area contributed by atoms with E-state index in [-0.39, 0.29) is 43.8 Å². The molecule has 2 amide bonds. The fourth-order valence-corrected chi connectivity index (χ4v) is 4.92. The number of nitrogens with zero attached hydrogens (tertiary/aromatic N) is 2. The standard InChI is InChI=1S/C25H33Cl2N3O4S/c1-5-23(25(32)28-18(2)3)29(17-19-8-10-20(26)11-9-19)24(31)7-6-16-30(35(4,33)34)22-14-12-21(27)13-15-22/h8-15,18,23H,5-7,16-17H2,1-4H3,(H,28,32)/t23-/m0/s1. The lowest BCUT2D eigenvalue weighted by atomic mass is 10.1. The molecule has 0 aliphatic rings. The number of halogens is 2. The van der Waals surface area contributed by atoms with Gasteiger partial charge in [0.25, 0.3) is 0 Å². The van der Waals surface area contributed by atoms with Gasteiger partial charge in [-0.1, -0.05) is 42.3 Å². The van der Waals surface area contributed by atoms with Gasteiger partial charge in [0.2, 0.25) is 21.8 Å². The maximum absolute atomic E-state index is 13.4. The lowest BCUT2D eigenvalue weighted by Crippen LogP contribution is -2.50. The minimum Gasteiger partial charge on any atom is -0.352 e. The number of hydrogen-bond acceptors (Lipinski definition) is 4. The summed E-state index contributed by atoms with van der Waals surface area (Å²) in [7, 11) is -3.56. The first kappa shape index (κ1) is 28.9. The van der Waals surface area contributed by atoms with Gasteiger partial charge in [-0.15, -0.1) is 0 Å². The topological polar surface area (TPSA) is 86.8 Å². The lowest BCUT2D eigenvalue weighted by molar-refractivity contribution is -0.141. The van der Waals surface area contributed by atoms with E-state index in [9.17, 15) is 18.0 Å². The molecule has 192 valence electrons. The average Bonchev–Trinajstić information content (AvgIpc) is 2.77. The molecule has 1 N–H and O–H groups in total. The Morgan fingerprint density at radius 2 is 1.51 bits per heavy atom. The first-order chi connectivity index (χ1) is 16.4. The van der Waals surface area contributed by atoms with Crippen LogP contribution in [0, 0.1) is 0 Å². The Kier molecular flexibility index (Phi) is 10.9. The molecule has 0 bridgehead atoms. The number of sulfonamides is 1. The van der Waals surface area contributed by atoms with Gasteiger partial charge in [-0.3, -0.25) is 13.9 Å². The number of carbonyl (C=O) groups is 2. The normalized spacial score (nSPS) is 12.3. The lowest BCUT2D eigenvalue weighted by Gasteiger charge is -2.31. The van der Waals surface area contributed by atoms with Gasteiger partial charge in [-0.2, -0.15) is 0 Å². The highest BCUT2D eigenvalue weighted by molar-refractivity contribution is 7.92. The molecule has 2 aromatic carbocycles. The number of carbonyl (C=O) groups excluding carboxylic acids is 2. The molecular weight excluding hydrogens is 509 g/mol. The molecule has 2 rings (SSSR count). The van der Waals surface area contributed by atoms with Crippen molar-refractivity contribution < 1.29 is 18.0 Å². The monoisotopic (exact) mass is 541 g/mol. The summed E-state index contributed by atoms with van der Waals surface area (Å²) in [6.07, 6.45) is 1.93. The third-order valence-electron chi connectivity index (χ3n) is 5.35. The van der Waals surface area contributed by atoms with E-state index >= 15 is 0 Å². The van der Waals surface area contributed by atoms with Crippen LogP contribution in [0.5, 0.6) is 0 Å². The highest BCUT2D eigenvalue weighted by atomic mass is 35.5. The Morgan fingerprint density at radius 3 is 2.00 bits per heavy atom. The minimum absolute atomic E-state index is 0.0632. The minimum atomic E-state index is -3.56. The van der Waals surface area contributed by atoms with Crippen LogP contribution in [0.3, 0.4) is 0 Å². The molecule has 35 heavy (non-hydrogen) atoms. The molecule has 0 aliphatic carbocycles. The fraction of sp³-hybridized carbons (Fsp3) is 0.440. The number of anilines is 1. The molecule has 0 aliphatic heterocycles. The van der Waals surface area contributed by atoms with Gasteiger partial charge in [0.15, 0.2) is 0 Å². The number of amides is 2. The van der Waals surface area contributed by atoms with Gasteiger partial charge in [0, 0.05) is 35.6 Å². The van der Waals surface area contributed by atoms with Gasteiger partial charge in [0.1, 0.15) is 6.04 Å². The fourth-order valence-electron chi connectivity index (χ4n) is 3.70. The summed E-state index contributed by atoms with van der Waals surface area (Å²) in [5, 5.41) is 3.98. The summed E-state index contributed by atoms with van der Waals surface area (Å²) in [4.78, 5) is 27.8. The Hall–Kier alpha value is -2.29. The second-order valence-electron chi connectivity index (χ2n) is 8.65. The Morgan fingerprint density at radius 1 is 0.971 bits per heavy atom. The molecular formula is C25H33Cl2N3O4S. The van der Waals surface area contributed by atoms with Gasteiger partial charge >= 0.3 is 0 Å². The van der Waals surface area contributed by atoms with E-state index in [1.54, 1.807) is 41.3 Å². The molecule has 0 radical (unpaired) electrons. The van der Waals surface area contributed by atoms with E-state index in [1.807, 2.05) is 32.9 Å². The van der Waals surface area contributed by atoms with Crippen LogP contribution in [0.4, 0.5) is 5.69 Å². The van der Waals surface area contributed by atoms with Crippen LogP contribution in [-0.4, -0.2) is 50.0 Å². The quantitative estimate of drug-likeness (QED) is 0.415. The van der Waals surface area contributed by atoms with Crippen LogP contribution in [0.2, 0.25) is 10.0 Å². The van der Waals surface area contributed by atoms with Crippen molar-refractivity contribution in [3.63, 3.8) is 0 Å². The zero-order valence-corrected chi connectivity index (χ0v) is 22.8. The van der Waals surface area contributed by atoms with Crippen molar-refractivity contribution in [2.24, 2.45) is 0 Å². The maximum atomic E-state index is 13.4. The van der Waals surface area contributed by atoms with E-state index in [0.717, 1.165) is 11.8 Å². The van der Waals surface area contributed by atoms with Gasteiger partial charge in [0.05, 0.1) is 11.9 Å². The van der Waals surface area contributed by atoms with Crippen LogP contribution in [0.25, 0.3) is 0 Å². The molecule has 0 saturated heterocycles. The number of rotatable bonds is 12. The third-order valence-corrected chi connectivity index (χ3v) is 7.05. The molecule has 2 aromatic rings. The van der Waals surface area contributed by atoms with E-state index < -0.39 is 16.1 Å². The predicted molar refractivity (Wildman–Crippen MR) is 142 cm³/mol. The smallest absolute Gasteiger partial charge is 0.243 e. The molecule has 0 aromatic heterocycles. The Bertz CT molecular complexity index is 1090. The Labute approximate surface area is 218 Å². The number of nitrogens with one attached hydrogen (secondary N) is 1. The zero-order chi connectivity index (χ0) is 26.2. The van der Waals surface area contributed by atoms with Gasteiger partial charge in [-0.05, 0) is 68.7 Å². The molecule has 0 saturated carbocycles. The van der Waals surface area contributed by atoms with Crippen molar-refractivity contribution in [1.82, 2.24) is 10.2 Å². The van der Waals surface area contributed by atoms with E-state index in [1.165, 1.54) is 4.31 Å². The van der Waals surface area contributed by atoms with Gasteiger partial charge in [-0.25, -0.2) is 8.42 Å². The van der Waals surface area contributed by atoms with Crippen molar-refractivity contribution in [2.75, 3.05) is 17.1 Å². The Balaban J connectivity index is 2.20.